The third-order valence-corrected chi connectivity index (χ3v) is 5.44. The summed E-state index contributed by atoms with van der Waals surface area (Å²) in [6.45, 7) is 6.23. The van der Waals surface area contributed by atoms with Crippen molar-refractivity contribution in [2.75, 3.05) is 24.5 Å². The molecule has 4 heteroatoms. The predicted molar refractivity (Wildman–Crippen MR) is 88.9 cm³/mol. The van der Waals surface area contributed by atoms with Crippen molar-refractivity contribution in [3.05, 3.63) is 22.8 Å². The molecule has 2 unspecified atom stereocenters. The number of pyridine rings is 1. The second-order valence-corrected chi connectivity index (χ2v) is 6.86. The number of anilines is 1. The Balaban J connectivity index is 1.71. The lowest BCUT2D eigenvalue weighted by Crippen LogP contribution is -2.42. The summed E-state index contributed by atoms with van der Waals surface area (Å²) in [7, 11) is 0. The fraction of sp³-hybridized carbons (Fsp3) is 0.706. The van der Waals surface area contributed by atoms with Gasteiger partial charge in [0.2, 0.25) is 0 Å². The van der Waals surface area contributed by atoms with E-state index in [2.05, 4.69) is 28.2 Å². The monoisotopic (exact) mass is 307 g/mol. The van der Waals surface area contributed by atoms with E-state index in [-0.39, 0.29) is 0 Å². The van der Waals surface area contributed by atoms with Crippen molar-refractivity contribution in [3.63, 3.8) is 0 Å². The Morgan fingerprint density at radius 2 is 2.10 bits per heavy atom. The summed E-state index contributed by atoms with van der Waals surface area (Å²) in [6.07, 6.45) is 8.84. The summed E-state index contributed by atoms with van der Waals surface area (Å²) in [5.74, 6) is 2.95. The molecular weight excluding hydrogens is 282 g/mol. The predicted octanol–water partition coefficient (Wildman–Crippen LogP) is 3.86. The summed E-state index contributed by atoms with van der Waals surface area (Å²) in [6, 6.07) is 2.17. The number of hydrogen-bond donors (Lipinski definition) is 1. The third-order valence-electron chi connectivity index (χ3n) is 5.10. The maximum absolute atomic E-state index is 6.26. The van der Waals surface area contributed by atoms with Gasteiger partial charge in [0.1, 0.15) is 5.82 Å². The van der Waals surface area contributed by atoms with Crippen LogP contribution >= 0.6 is 11.6 Å². The largest absolute Gasteiger partial charge is 0.356 e. The van der Waals surface area contributed by atoms with Gasteiger partial charge in [0.15, 0.2) is 0 Å². The molecule has 1 aromatic rings. The van der Waals surface area contributed by atoms with Crippen molar-refractivity contribution >= 4 is 17.4 Å². The minimum Gasteiger partial charge on any atom is -0.356 e. The van der Waals surface area contributed by atoms with E-state index in [9.17, 15) is 0 Å². The molecule has 0 radical (unpaired) electrons. The van der Waals surface area contributed by atoms with E-state index >= 15 is 0 Å². The van der Waals surface area contributed by atoms with Gasteiger partial charge in [-0.2, -0.15) is 0 Å². The normalized spacial score (nSPS) is 25.7. The molecule has 1 aromatic heterocycles. The number of nitrogens with one attached hydrogen (secondary N) is 1. The zero-order valence-electron chi connectivity index (χ0n) is 12.9. The second-order valence-electron chi connectivity index (χ2n) is 6.45. The van der Waals surface area contributed by atoms with Crippen molar-refractivity contribution in [1.82, 2.24) is 10.3 Å². The number of nitrogens with zero attached hydrogens (tertiary/aromatic N) is 2. The first kappa shape index (κ1) is 15.1. The standard InChI is InChI=1S/C17H26ClN3/c1-2-19-10-15-9-17(20-11-16(15)18)21-8-7-13-5-3-4-6-14(13)12-21/h9,11,13-14,19H,2-8,10,12H2,1H3. The molecule has 116 valence electrons. The van der Waals surface area contributed by atoms with Crippen LogP contribution in [0.5, 0.6) is 0 Å². The molecular formula is C17H26ClN3. The maximum atomic E-state index is 6.26. The first-order valence-electron chi connectivity index (χ1n) is 8.38. The molecule has 2 fully saturated rings. The quantitative estimate of drug-likeness (QED) is 0.915. The molecule has 3 rings (SSSR count). The van der Waals surface area contributed by atoms with E-state index in [0.717, 1.165) is 47.9 Å². The number of hydrogen-bond acceptors (Lipinski definition) is 3. The van der Waals surface area contributed by atoms with E-state index in [1.54, 1.807) is 0 Å². The van der Waals surface area contributed by atoms with Crippen LogP contribution in [0.25, 0.3) is 0 Å². The molecule has 0 amide bonds. The van der Waals surface area contributed by atoms with Crippen molar-refractivity contribution in [3.8, 4) is 0 Å². The van der Waals surface area contributed by atoms with Crippen LogP contribution in [0.4, 0.5) is 5.82 Å². The van der Waals surface area contributed by atoms with Gasteiger partial charge in [-0.05, 0) is 42.9 Å². The Bertz CT molecular complexity index is 477. The van der Waals surface area contributed by atoms with Gasteiger partial charge in [0.05, 0.1) is 5.02 Å². The van der Waals surface area contributed by atoms with Gasteiger partial charge >= 0.3 is 0 Å². The lowest BCUT2D eigenvalue weighted by molar-refractivity contribution is 0.202. The topological polar surface area (TPSA) is 28.2 Å². The van der Waals surface area contributed by atoms with E-state index in [1.807, 2.05) is 6.20 Å². The molecule has 1 saturated carbocycles. The summed E-state index contributed by atoms with van der Waals surface area (Å²) < 4.78 is 0. The van der Waals surface area contributed by atoms with Crippen LogP contribution in [0.15, 0.2) is 12.3 Å². The van der Waals surface area contributed by atoms with Crippen molar-refractivity contribution in [2.24, 2.45) is 11.8 Å². The van der Waals surface area contributed by atoms with Crippen LogP contribution in [0.1, 0.15) is 44.6 Å². The van der Waals surface area contributed by atoms with Crippen molar-refractivity contribution in [2.45, 2.75) is 45.6 Å². The minimum atomic E-state index is 0.771. The Hall–Kier alpha value is -0.800. The van der Waals surface area contributed by atoms with Gasteiger partial charge in [-0.3, -0.25) is 0 Å². The van der Waals surface area contributed by atoms with Crippen LogP contribution < -0.4 is 10.2 Å². The number of fused-ring (bicyclic) bond motifs is 1. The van der Waals surface area contributed by atoms with E-state index in [0.29, 0.717) is 0 Å². The molecule has 0 aromatic carbocycles. The molecule has 1 aliphatic carbocycles. The average Bonchev–Trinajstić information content (AvgIpc) is 2.53. The summed E-state index contributed by atoms with van der Waals surface area (Å²) >= 11 is 6.26. The molecule has 1 N–H and O–H groups in total. The van der Waals surface area contributed by atoms with Gasteiger partial charge < -0.3 is 10.2 Å². The zero-order chi connectivity index (χ0) is 14.7. The zero-order valence-corrected chi connectivity index (χ0v) is 13.7. The molecule has 0 spiro atoms. The SMILES string of the molecule is CCNCc1cc(N2CCC3CCCCC3C2)ncc1Cl. The highest BCUT2D eigenvalue weighted by atomic mass is 35.5. The summed E-state index contributed by atoms with van der Waals surface area (Å²) in [5, 5.41) is 4.12. The molecule has 2 atom stereocenters. The Morgan fingerprint density at radius 3 is 2.90 bits per heavy atom. The number of piperidine rings is 1. The first-order chi connectivity index (χ1) is 10.3. The highest BCUT2D eigenvalue weighted by Gasteiger charge is 2.31. The van der Waals surface area contributed by atoms with Crippen LogP contribution in [-0.4, -0.2) is 24.6 Å². The fourth-order valence-electron chi connectivity index (χ4n) is 3.84. The lowest BCUT2D eigenvalue weighted by atomic mass is 9.75. The molecule has 1 aliphatic heterocycles. The Labute approximate surface area is 133 Å². The van der Waals surface area contributed by atoms with Crippen LogP contribution in [0.3, 0.4) is 0 Å². The first-order valence-corrected chi connectivity index (χ1v) is 8.75. The summed E-state index contributed by atoms with van der Waals surface area (Å²) in [4.78, 5) is 7.05. The highest BCUT2D eigenvalue weighted by molar-refractivity contribution is 6.31. The second kappa shape index (κ2) is 6.97. The van der Waals surface area contributed by atoms with Gasteiger partial charge in [-0.15, -0.1) is 0 Å². The van der Waals surface area contributed by atoms with Gasteiger partial charge in [0.25, 0.3) is 0 Å². The smallest absolute Gasteiger partial charge is 0.128 e. The number of aromatic nitrogens is 1. The van der Waals surface area contributed by atoms with Crippen molar-refractivity contribution < 1.29 is 0 Å². The van der Waals surface area contributed by atoms with Crippen LogP contribution in [-0.2, 0) is 6.54 Å². The Morgan fingerprint density at radius 1 is 1.29 bits per heavy atom. The van der Waals surface area contributed by atoms with Crippen LogP contribution in [0, 0.1) is 11.8 Å². The van der Waals surface area contributed by atoms with Crippen LogP contribution in [0.2, 0.25) is 5.02 Å². The van der Waals surface area contributed by atoms with Gasteiger partial charge in [-0.1, -0.05) is 37.8 Å². The van der Waals surface area contributed by atoms with Crippen molar-refractivity contribution in [1.29, 1.82) is 0 Å². The Kier molecular flexibility index (Phi) is 5.02. The molecule has 2 heterocycles. The fourth-order valence-corrected chi connectivity index (χ4v) is 4.01. The highest BCUT2D eigenvalue weighted by Crippen LogP contribution is 2.37. The maximum Gasteiger partial charge on any atom is 0.128 e. The molecule has 1 saturated heterocycles. The minimum absolute atomic E-state index is 0.771. The molecule has 21 heavy (non-hydrogen) atoms. The van der Waals surface area contributed by atoms with Gasteiger partial charge in [-0.25, -0.2) is 4.98 Å². The third kappa shape index (κ3) is 3.51. The van der Waals surface area contributed by atoms with E-state index in [1.165, 1.54) is 38.6 Å². The molecule has 0 bridgehead atoms. The number of halogens is 1. The number of rotatable bonds is 4. The molecule has 2 aliphatic rings. The lowest BCUT2D eigenvalue weighted by Gasteiger charge is -2.41. The molecule has 3 nitrogen and oxygen atoms in total. The van der Waals surface area contributed by atoms with E-state index < -0.39 is 0 Å². The van der Waals surface area contributed by atoms with Gasteiger partial charge in [0, 0.05) is 25.8 Å². The van der Waals surface area contributed by atoms with E-state index in [4.69, 9.17) is 11.6 Å². The average molecular weight is 308 g/mol. The summed E-state index contributed by atoms with van der Waals surface area (Å²) in [5.41, 5.74) is 1.16.